The fourth-order valence-corrected chi connectivity index (χ4v) is 3.86. The first-order valence-electron chi connectivity index (χ1n) is 8.34. The van der Waals surface area contributed by atoms with E-state index < -0.39 is 5.60 Å². The van der Waals surface area contributed by atoms with Crippen molar-refractivity contribution in [3.63, 3.8) is 0 Å². The van der Waals surface area contributed by atoms with Gasteiger partial charge in [0, 0.05) is 24.5 Å². The maximum absolute atomic E-state index is 12.1. The number of ketones is 2. The van der Waals surface area contributed by atoms with E-state index in [0.717, 1.165) is 12.8 Å². The largest absolute Gasteiger partial charge is 0.389 e. The summed E-state index contributed by atoms with van der Waals surface area (Å²) in [5.41, 5.74) is 0.00219. The average Bonchev–Trinajstić information content (AvgIpc) is 2.47. The summed E-state index contributed by atoms with van der Waals surface area (Å²) in [6.45, 7) is 4.93. The molecule has 23 heavy (non-hydrogen) atoms. The number of pyridine rings is 1. The highest BCUT2D eigenvalue weighted by Gasteiger charge is 2.48. The maximum Gasteiger partial charge on any atom is 0.168 e. The number of Topliss-reactive ketones (excluding diaryl/α,β-unsaturated/α-hetero) is 2. The van der Waals surface area contributed by atoms with Gasteiger partial charge in [-0.3, -0.25) is 4.79 Å². The molecular weight excluding hydrogens is 290 g/mol. The highest BCUT2D eigenvalue weighted by molar-refractivity contribution is 5.80. The topological polar surface area (TPSA) is 58.2 Å². The first-order valence-corrected chi connectivity index (χ1v) is 8.34. The molecule has 0 aliphatic heterocycles. The molecule has 1 aliphatic carbocycles. The van der Waals surface area contributed by atoms with E-state index in [1.807, 2.05) is 24.0 Å². The van der Waals surface area contributed by atoms with Crippen molar-refractivity contribution < 1.29 is 19.3 Å². The number of aromatic nitrogens is 1. The third kappa shape index (κ3) is 3.86. The van der Waals surface area contributed by atoms with Crippen LogP contribution in [0, 0.1) is 5.92 Å². The van der Waals surface area contributed by atoms with Crippen LogP contribution in [-0.2, 0) is 22.1 Å². The summed E-state index contributed by atoms with van der Waals surface area (Å²) in [7, 11) is 1.97. The molecule has 2 rings (SSSR count). The van der Waals surface area contributed by atoms with Crippen LogP contribution in [0.4, 0.5) is 0 Å². The van der Waals surface area contributed by atoms with E-state index in [1.165, 1.54) is 5.56 Å². The lowest BCUT2D eigenvalue weighted by molar-refractivity contribution is -0.671. The molecule has 1 saturated carbocycles. The van der Waals surface area contributed by atoms with Crippen molar-refractivity contribution in [2.24, 2.45) is 13.0 Å². The first kappa shape index (κ1) is 17.8. The highest BCUT2D eigenvalue weighted by Crippen LogP contribution is 2.49. The molecule has 1 heterocycles. The van der Waals surface area contributed by atoms with E-state index in [4.69, 9.17) is 0 Å². The minimum Gasteiger partial charge on any atom is -0.389 e. The Balaban J connectivity index is 2.40. The van der Waals surface area contributed by atoms with Gasteiger partial charge < -0.3 is 9.90 Å². The predicted molar refractivity (Wildman–Crippen MR) is 87.9 cm³/mol. The Morgan fingerprint density at radius 1 is 1.26 bits per heavy atom. The van der Waals surface area contributed by atoms with Crippen LogP contribution in [0.25, 0.3) is 0 Å². The fourth-order valence-electron chi connectivity index (χ4n) is 3.86. The zero-order valence-electron chi connectivity index (χ0n) is 14.6. The molecular formula is C19H28NO3+. The van der Waals surface area contributed by atoms with Crippen molar-refractivity contribution in [2.75, 3.05) is 0 Å². The average molecular weight is 318 g/mol. The fraction of sp³-hybridized carbons (Fsp3) is 0.632. The molecule has 3 atom stereocenters. The van der Waals surface area contributed by atoms with Crippen molar-refractivity contribution in [1.29, 1.82) is 0 Å². The van der Waals surface area contributed by atoms with E-state index in [-0.39, 0.29) is 22.9 Å². The second kappa shape index (κ2) is 6.52. The van der Waals surface area contributed by atoms with Gasteiger partial charge >= 0.3 is 0 Å². The summed E-state index contributed by atoms with van der Waals surface area (Å²) in [6, 6.07) is 4.16. The molecule has 1 aromatic heterocycles. The van der Waals surface area contributed by atoms with Crippen LogP contribution in [0.3, 0.4) is 0 Å². The predicted octanol–water partition coefficient (Wildman–Crippen LogP) is 2.26. The molecule has 0 bridgehead atoms. The van der Waals surface area contributed by atoms with E-state index >= 15 is 0 Å². The van der Waals surface area contributed by atoms with Crippen LogP contribution in [-0.4, -0.2) is 22.3 Å². The molecule has 0 amide bonds. The van der Waals surface area contributed by atoms with E-state index in [0.29, 0.717) is 19.3 Å². The second-order valence-corrected chi connectivity index (χ2v) is 7.46. The standard InChI is InChI=1S/C19H28NO3/c1-14(21)5-8-19(16-6-11-20(4)12-7-16)10-9-18(3,23)17(13-19)15(2)22/h6-7,11-12,17,23H,5,8-10,13H2,1-4H3/q+1/t17-,18+,19+/m0/s1. The van der Waals surface area contributed by atoms with Crippen molar-refractivity contribution in [3.8, 4) is 0 Å². The number of aliphatic hydroxyl groups is 1. The Bertz CT molecular complexity index is 591. The Kier molecular flexibility index (Phi) is 5.04. The maximum atomic E-state index is 12.1. The number of rotatable bonds is 5. The second-order valence-electron chi connectivity index (χ2n) is 7.46. The molecule has 1 N–H and O–H groups in total. The van der Waals surface area contributed by atoms with Crippen molar-refractivity contribution in [1.82, 2.24) is 0 Å². The van der Waals surface area contributed by atoms with Crippen LogP contribution >= 0.6 is 0 Å². The lowest BCUT2D eigenvalue weighted by atomic mass is 9.58. The SMILES string of the molecule is CC(=O)CC[C@@]1(c2cc[n+](C)cc2)CC[C@@](C)(O)[C@H](C(C)=O)C1. The van der Waals surface area contributed by atoms with Crippen LogP contribution in [0.5, 0.6) is 0 Å². The molecule has 0 radical (unpaired) electrons. The molecule has 1 aromatic rings. The minimum atomic E-state index is -0.953. The number of aryl methyl sites for hydroxylation is 1. The molecule has 1 fully saturated rings. The van der Waals surface area contributed by atoms with Gasteiger partial charge in [0.1, 0.15) is 18.6 Å². The lowest BCUT2D eigenvalue weighted by Gasteiger charge is -2.47. The van der Waals surface area contributed by atoms with Gasteiger partial charge in [-0.2, -0.15) is 0 Å². The normalized spacial score (nSPS) is 30.9. The van der Waals surface area contributed by atoms with Gasteiger partial charge in [0.2, 0.25) is 0 Å². The molecule has 0 aromatic carbocycles. The van der Waals surface area contributed by atoms with Gasteiger partial charge in [-0.15, -0.1) is 0 Å². The van der Waals surface area contributed by atoms with E-state index in [9.17, 15) is 14.7 Å². The Morgan fingerprint density at radius 2 is 1.87 bits per heavy atom. The summed E-state index contributed by atoms with van der Waals surface area (Å²) in [4.78, 5) is 23.6. The number of hydrogen-bond acceptors (Lipinski definition) is 3. The third-order valence-corrected chi connectivity index (χ3v) is 5.49. The monoisotopic (exact) mass is 318 g/mol. The number of hydrogen-bond donors (Lipinski definition) is 1. The van der Waals surface area contributed by atoms with Gasteiger partial charge in [0.05, 0.1) is 5.60 Å². The Hall–Kier alpha value is -1.55. The van der Waals surface area contributed by atoms with Gasteiger partial charge in [0.15, 0.2) is 12.4 Å². The number of nitrogens with zero attached hydrogens (tertiary/aromatic N) is 1. The molecule has 0 spiro atoms. The van der Waals surface area contributed by atoms with E-state index in [2.05, 4.69) is 12.1 Å². The number of carbonyl (C=O) groups is 2. The summed E-state index contributed by atoms with van der Waals surface area (Å²) in [6.07, 6.45) is 7.22. The number of carbonyl (C=O) groups excluding carboxylic acids is 2. The zero-order valence-corrected chi connectivity index (χ0v) is 14.6. The summed E-state index contributed by atoms with van der Waals surface area (Å²) < 4.78 is 1.98. The van der Waals surface area contributed by atoms with Crippen LogP contribution in [0.2, 0.25) is 0 Å². The summed E-state index contributed by atoms with van der Waals surface area (Å²) in [5.74, 6) is -0.178. The van der Waals surface area contributed by atoms with Crippen LogP contribution in [0.1, 0.15) is 58.4 Å². The van der Waals surface area contributed by atoms with Crippen molar-refractivity contribution in [3.05, 3.63) is 30.1 Å². The zero-order chi connectivity index (χ0) is 17.3. The summed E-state index contributed by atoms with van der Waals surface area (Å²) in [5, 5.41) is 10.6. The van der Waals surface area contributed by atoms with Crippen LogP contribution in [0.15, 0.2) is 24.5 Å². The Labute approximate surface area is 138 Å². The molecule has 126 valence electrons. The first-order chi connectivity index (χ1) is 10.7. The van der Waals surface area contributed by atoms with Gasteiger partial charge in [0.25, 0.3) is 0 Å². The smallest absolute Gasteiger partial charge is 0.168 e. The highest BCUT2D eigenvalue weighted by atomic mass is 16.3. The molecule has 1 aliphatic rings. The van der Waals surface area contributed by atoms with Gasteiger partial charge in [-0.1, -0.05) is 0 Å². The third-order valence-electron chi connectivity index (χ3n) is 5.49. The molecule has 0 saturated heterocycles. The van der Waals surface area contributed by atoms with Crippen LogP contribution < -0.4 is 4.57 Å². The van der Waals surface area contributed by atoms with Crippen molar-refractivity contribution >= 4 is 11.6 Å². The van der Waals surface area contributed by atoms with Gasteiger partial charge in [-0.05, 0) is 57.4 Å². The van der Waals surface area contributed by atoms with E-state index in [1.54, 1.807) is 20.8 Å². The molecule has 4 heteroatoms. The quantitative estimate of drug-likeness (QED) is 0.847. The van der Waals surface area contributed by atoms with Gasteiger partial charge in [-0.25, -0.2) is 4.57 Å². The van der Waals surface area contributed by atoms with Crippen molar-refractivity contribution in [2.45, 2.75) is 63.9 Å². The lowest BCUT2D eigenvalue weighted by Crippen LogP contribution is -2.49. The Morgan fingerprint density at radius 3 is 2.39 bits per heavy atom. The summed E-state index contributed by atoms with van der Waals surface area (Å²) >= 11 is 0. The minimum absolute atomic E-state index is 0.0309. The molecule has 4 nitrogen and oxygen atoms in total. The molecule has 0 unspecified atom stereocenters.